The maximum Gasteiger partial charge on any atom is 0.341 e. The van der Waals surface area contributed by atoms with Gasteiger partial charge in [0.05, 0.1) is 18.0 Å². The average Bonchev–Trinajstić information content (AvgIpc) is 3.70. The van der Waals surface area contributed by atoms with Gasteiger partial charge in [0.25, 0.3) is 0 Å². The lowest BCUT2D eigenvalue weighted by Gasteiger charge is -2.42. The standard InChI is InChI=1S/C26H26F2N4O4S/c1-14-12-30(9-10-31(14)26(37)29-16-5-3-15(27)4-6-16)22-20(28)11-18-21(24(22)36-2)32(17-7-8-17)13-19(23(18)33)25(34)35/h3-6,11,13-14,17H,7-10,12H2,1-2H3,(H,29,37)(H,34,35)/t14-/m1/s1. The van der Waals surface area contributed by atoms with Crippen molar-refractivity contribution in [2.45, 2.75) is 31.8 Å². The van der Waals surface area contributed by atoms with E-state index < -0.39 is 22.8 Å². The number of aromatic carboxylic acids is 1. The number of ether oxygens (including phenoxy) is 1. The fourth-order valence-corrected chi connectivity index (χ4v) is 5.30. The normalized spacial score (nSPS) is 17.7. The second-order valence-electron chi connectivity index (χ2n) is 9.38. The number of nitrogens with zero attached hydrogens (tertiary/aromatic N) is 3. The number of benzene rings is 2. The molecule has 0 unspecified atom stereocenters. The smallest absolute Gasteiger partial charge is 0.341 e. The van der Waals surface area contributed by atoms with Crippen LogP contribution in [0.5, 0.6) is 5.75 Å². The molecule has 2 aromatic carbocycles. The van der Waals surface area contributed by atoms with Crippen molar-refractivity contribution in [3.05, 3.63) is 63.9 Å². The van der Waals surface area contributed by atoms with E-state index in [9.17, 15) is 19.1 Å². The molecule has 2 fully saturated rings. The highest BCUT2D eigenvalue weighted by Gasteiger charge is 2.33. The number of hydrogen-bond acceptors (Lipinski definition) is 5. The summed E-state index contributed by atoms with van der Waals surface area (Å²) >= 11 is 5.58. The summed E-state index contributed by atoms with van der Waals surface area (Å²) in [6, 6.07) is 6.95. The van der Waals surface area contributed by atoms with Crippen molar-refractivity contribution in [1.82, 2.24) is 9.47 Å². The van der Waals surface area contributed by atoms with Crippen LogP contribution in [0, 0.1) is 11.6 Å². The van der Waals surface area contributed by atoms with Gasteiger partial charge in [-0.15, -0.1) is 0 Å². The molecule has 194 valence electrons. The molecule has 2 heterocycles. The van der Waals surface area contributed by atoms with Gasteiger partial charge >= 0.3 is 5.97 Å². The van der Waals surface area contributed by atoms with E-state index in [1.807, 2.05) is 16.7 Å². The Labute approximate surface area is 217 Å². The molecular weight excluding hydrogens is 502 g/mol. The minimum absolute atomic E-state index is 0.0127. The van der Waals surface area contributed by atoms with E-state index >= 15 is 4.39 Å². The number of pyridine rings is 1. The first kappa shape index (κ1) is 24.9. The average molecular weight is 529 g/mol. The number of fused-ring (bicyclic) bond motifs is 1. The zero-order chi connectivity index (χ0) is 26.4. The molecule has 1 aliphatic heterocycles. The van der Waals surface area contributed by atoms with Crippen molar-refractivity contribution in [3.8, 4) is 5.75 Å². The summed E-state index contributed by atoms with van der Waals surface area (Å²) in [6.07, 6.45) is 3.01. The van der Waals surface area contributed by atoms with Gasteiger partial charge < -0.3 is 29.5 Å². The number of piperazine rings is 1. The summed E-state index contributed by atoms with van der Waals surface area (Å²) in [5.74, 6) is -2.13. The third-order valence-corrected chi connectivity index (χ3v) is 7.21. The number of aromatic nitrogens is 1. The van der Waals surface area contributed by atoms with Gasteiger partial charge in [-0.25, -0.2) is 13.6 Å². The van der Waals surface area contributed by atoms with Gasteiger partial charge in [0.2, 0.25) is 5.43 Å². The molecule has 3 aromatic rings. The number of halogens is 2. The molecule has 1 saturated carbocycles. The predicted molar refractivity (Wildman–Crippen MR) is 141 cm³/mol. The van der Waals surface area contributed by atoms with E-state index in [1.54, 1.807) is 16.7 Å². The van der Waals surface area contributed by atoms with Crippen molar-refractivity contribution < 1.29 is 23.4 Å². The first-order valence-corrected chi connectivity index (χ1v) is 12.4. The molecule has 8 nitrogen and oxygen atoms in total. The molecule has 0 bridgehead atoms. The van der Waals surface area contributed by atoms with E-state index in [2.05, 4.69) is 5.32 Å². The monoisotopic (exact) mass is 528 g/mol. The minimum Gasteiger partial charge on any atom is -0.492 e. The maximum atomic E-state index is 15.6. The minimum atomic E-state index is -1.35. The lowest BCUT2D eigenvalue weighted by Crippen LogP contribution is -2.55. The lowest BCUT2D eigenvalue weighted by molar-refractivity contribution is 0.0694. The topological polar surface area (TPSA) is 87.0 Å². The van der Waals surface area contributed by atoms with Gasteiger partial charge in [-0.3, -0.25) is 4.79 Å². The van der Waals surface area contributed by atoms with Gasteiger partial charge in [0.1, 0.15) is 17.1 Å². The van der Waals surface area contributed by atoms with Crippen LogP contribution in [0.15, 0.2) is 41.3 Å². The highest BCUT2D eigenvalue weighted by atomic mass is 32.1. The van der Waals surface area contributed by atoms with E-state index in [0.29, 0.717) is 36.0 Å². The molecule has 11 heteroatoms. The summed E-state index contributed by atoms with van der Waals surface area (Å²) < 4.78 is 36.3. The van der Waals surface area contributed by atoms with Crippen molar-refractivity contribution in [3.63, 3.8) is 0 Å². The number of hydrogen-bond donors (Lipinski definition) is 2. The summed E-state index contributed by atoms with van der Waals surface area (Å²) in [5, 5.41) is 13.1. The molecule has 2 aliphatic rings. The number of carbonyl (C=O) groups is 1. The van der Waals surface area contributed by atoms with Gasteiger partial charge in [-0.1, -0.05) is 0 Å². The molecular formula is C26H26F2N4O4S. The molecule has 1 aliphatic carbocycles. The molecule has 1 atom stereocenters. The van der Waals surface area contributed by atoms with Crippen molar-refractivity contribution in [1.29, 1.82) is 0 Å². The summed E-state index contributed by atoms with van der Waals surface area (Å²) in [5.41, 5.74) is 0.175. The molecule has 1 aromatic heterocycles. The largest absolute Gasteiger partial charge is 0.492 e. The number of nitrogens with one attached hydrogen (secondary N) is 1. The first-order valence-electron chi connectivity index (χ1n) is 12.0. The second-order valence-corrected chi connectivity index (χ2v) is 9.76. The Morgan fingerprint density at radius 2 is 1.89 bits per heavy atom. The summed E-state index contributed by atoms with van der Waals surface area (Å²) in [6.45, 7) is 3.30. The molecule has 2 N–H and O–H groups in total. The Bertz CT molecular complexity index is 1460. The summed E-state index contributed by atoms with van der Waals surface area (Å²) in [4.78, 5) is 28.5. The SMILES string of the molecule is COc1c(N2CCN(C(=S)Nc3ccc(F)cc3)[C@H](C)C2)c(F)cc2c(=O)c(C(=O)O)cn(C3CC3)c12. The van der Waals surface area contributed by atoms with Crippen LogP contribution in [-0.4, -0.2) is 58.4 Å². The second kappa shape index (κ2) is 9.62. The Kier molecular flexibility index (Phi) is 6.49. The quantitative estimate of drug-likeness (QED) is 0.476. The number of carboxylic acid groups (broad SMARTS) is 1. The summed E-state index contributed by atoms with van der Waals surface area (Å²) in [7, 11) is 1.42. The fourth-order valence-electron chi connectivity index (χ4n) is 4.92. The van der Waals surface area contributed by atoms with E-state index in [-0.39, 0.29) is 34.7 Å². The number of rotatable bonds is 5. The number of methoxy groups -OCH3 is 1. The molecule has 5 rings (SSSR count). The third-order valence-electron chi connectivity index (χ3n) is 6.87. The fraction of sp³-hybridized carbons (Fsp3) is 0.346. The van der Waals surface area contributed by atoms with Crippen molar-refractivity contribution in [2.75, 3.05) is 37.0 Å². The molecule has 0 amide bonds. The van der Waals surface area contributed by atoms with Gasteiger partial charge in [0, 0.05) is 43.6 Å². The number of thiocarbonyl (C=S) groups is 1. The highest BCUT2D eigenvalue weighted by molar-refractivity contribution is 7.80. The zero-order valence-corrected chi connectivity index (χ0v) is 21.1. The van der Waals surface area contributed by atoms with Crippen molar-refractivity contribution >= 4 is 45.6 Å². The van der Waals surface area contributed by atoms with Gasteiger partial charge in [0.15, 0.2) is 16.7 Å². The molecule has 37 heavy (non-hydrogen) atoms. The Balaban J connectivity index is 1.48. The van der Waals surface area contributed by atoms with Crippen LogP contribution < -0.4 is 20.4 Å². The zero-order valence-electron chi connectivity index (χ0n) is 20.3. The lowest BCUT2D eigenvalue weighted by atomic mass is 10.1. The predicted octanol–water partition coefficient (Wildman–Crippen LogP) is 4.23. The third kappa shape index (κ3) is 4.59. The van der Waals surface area contributed by atoms with Crippen LogP contribution in [0.3, 0.4) is 0 Å². The number of anilines is 2. The molecule has 1 saturated heterocycles. The van der Waals surface area contributed by atoms with Gasteiger partial charge in [-0.05, 0) is 62.3 Å². The molecule has 0 spiro atoms. The Hall–Kier alpha value is -3.73. The highest BCUT2D eigenvalue weighted by Crippen LogP contribution is 2.44. The van der Waals surface area contributed by atoms with E-state index in [1.165, 1.54) is 25.4 Å². The van der Waals surface area contributed by atoms with Crippen LogP contribution in [0.2, 0.25) is 0 Å². The maximum absolute atomic E-state index is 15.6. The Morgan fingerprint density at radius 3 is 2.49 bits per heavy atom. The number of carboxylic acids is 1. The van der Waals surface area contributed by atoms with E-state index in [4.69, 9.17) is 17.0 Å². The first-order chi connectivity index (χ1) is 17.7. The van der Waals surface area contributed by atoms with Crippen LogP contribution in [-0.2, 0) is 0 Å². The van der Waals surface area contributed by atoms with Crippen LogP contribution in [0.4, 0.5) is 20.2 Å². The van der Waals surface area contributed by atoms with Crippen LogP contribution in [0.1, 0.15) is 36.2 Å². The molecule has 0 radical (unpaired) electrons. The van der Waals surface area contributed by atoms with E-state index in [0.717, 1.165) is 18.9 Å². The Morgan fingerprint density at radius 1 is 1.19 bits per heavy atom. The van der Waals surface area contributed by atoms with Crippen LogP contribution >= 0.6 is 12.2 Å². The van der Waals surface area contributed by atoms with Gasteiger partial charge in [-0.2, -0.15) is 0 Å². The van der Waals surface area contributed by atoms with Crippen LogP contribution in [0.25, 0.3) is 10.9 Å². The van der Waals surface area contributed by atoms with Crippen molar-refractivity contribution in [2.24, 2.45) is 0 Å².